The summed E-state index contributed by atoms with van der Waals surface area (Å²) in [5.41, 5.74) is 5.82. The predicted octanol–water partition coefficient (Wildman–Crippen LogP) is 2.56. The molecule has 1 aromatic rings. The van der Waals surface area contributed by atoms with Gasteiger partial charge in [-0.05, 0) is 32.4 Å². The summed E-state index contributed by atoms with van der Waals surface area (Å²) in [6, 6.07) is 0.273. The lowest BCUT2D eigenvalue weighted by atomic mass is 10.2. The molecule has 0 aromatic carbocycles. The van der Waals surface area contributed by atoms with E-state index in [0.717, 1.165) is 0 Å². The Labute approximate surface area is 128 Å². The van der Waals surface area contributed by atoms with Crippen molar-refractivity contribution in [1.29, 1.82) is 0 Å². The molecule has 1 aliphatic heterocycles. The molecule has 0 bridgehead atoms. The molecule has 4 N–H and O–H groups in total. The van der Waals surface area contributed by atoms with Gasteiger partial charge in [0.05, 0.1) is 0 Å². The summed E-state index contributed by atoms with van der Waals surface area (Å²) < 4.78 is 0. The van der Waals surface area contributed by atoms with Gasteiger partial charge in [0.2, 0.25) is 0 Å². The lowest BCUT2D eigenvalue weighted by Crippen LogP contribution is -2.31. The van der Waals surface area contributed by atoms with Crippen molar-refractivity contribution < 1.29 is 4.79 Å². The van der Waals surface area contributed by atoms with E-state index in [-0.39, 0.29) is 11.9 Å². The van der Waals surface area contributed by atoms with Crippen LogP contribution in [0.2, 0.25) is 0 Å². The van der Waals surface area contributed by atoms with Gasteiger partial charge in [0.25, 0.3) is 5.91 Å². The Kier molecular flexibility index (Phi) is 5.54. The van der Waals surface area contributed by atoms with Crippen LogP contribution < -0.4 is 16.4 Å². The second kappa shape index (κ2) is 7.17. The molecule has 112 valence electrons. The van der Waals surface area contributed by atoms with Crippen LogP contribution in [0.25, 0.3) is 0 Å². The van der Waals surface area contributed by atoms with Gasteiger partial charge in [-0.15, -0.1) is 0 Å². The van der Waals surface area contributed by atoms with Crippen molar-refractivity contribution in [3.8, 4) is 0 Å². The minimum Gasteiger partial charge on any atom is -0.382 e. The molecule has 1 aromatic heterocycles. The van der Waals surface area contributed by atoms with E-state index in [1.165, 1.54) is 36.4 Å². The molecule has 1 atom stereocenters. The minimum absolute atomic E-state index is 0.108. The molecule has 0 spiro atoms. The number of amides is 1. The zero-order chi connectivity index (χ0) is 14.5. The second-order valence-electron chi connectivity index (χ2n) is 5.23. The van der Waals surface area contributed by atoms with Gasteiger partial charge in [-0.1, -0.05) is 17.8 Å². The molecular formula is C13H22N4OS2. The maximum atomic E-state index is 12.1. The van der Waals surface area contributed by atoms with E-state index in [2.05, 4.69) is 15.6 Å². The Bertz CT molecular complexity index is 455. The first-order valence-electron chi connectivity index (χ1n) is 6.99. The van der Waals surface area contributed by atoms with Gasteiger partial charge >= 0.3 is 0 Å². The van der Waals surface area contributed by atoms with Crippen molar-refractivity contribution in [3.63, 3.8) is 0 Å². The van der Waals surface area contributed by atoms with Crippen LogP contribution in [-0.2, 0) is 0 Å². The highest BCUT2D eigenvalue weighted by Crippen LogP contribution is 2.27. The minimum atomic E-state index is -0.108. The van der Waals surface area contributed by atoms with E-state index in [4.69, 9.17) is 5.73 Å². The molecule has 2 heterocycles. The van der Waals surface area contributed by atoms with E-state index >= 15 is 0 Å². The van der Waals surface area contributed by atoms with Crippen molar-refractivity contribution in [2.45, 2.75) is 44.4 Å². The highest BCUT2D eigenvalue weighted by Gasteiger charge is 2.19. The van der Waals surface area contributed by atoms with Crippen molar-refractivity contribution >= 4 is 40.0 Å². The second-order valence-corrected chi connectivity index (χ2v) is 7.64. The number of thiazole rings is 1. The fraction of sp³-hybridized carbons (Fsp3) is 0.692. The van der Waals surface area contributed by atoms with Gasteiger partial charge in [-0.25, -0.2) is 4.98 Å². The van der Waals surface area contributed by atoms with Crippen LogP contribution in [0.4, 0.5) is 10.9 Å². The number of nitrogens with two attached hydrogens (primary N) is 1. The number of hydrogen-bond acceptors (Lipinski definition) is 6. The highest BCUT2D eigenvalue weighted by molar-refractivity contribution is 7.99. The molecule has 5 nitrogen and oxygen atoms in total. The average Bonchev–Trinajstić information content (AvgIpc) is 2.77. The molecule has 1 unspecified atom stereocenters. The normalized spacial score (nSPS) is 19.1. The largest absolute Gasteiger partial charge is 0.382 e. The number of nitrogen functional groups attached to an aromatic ring is 1. The van der Waals surface area contributed by atoms with Gasteiger partial charge in [0.15, 0.2) is 5.13 Å². The summed E-state index contributed by atoms with van der Waals surface area (Å²) >= 11 is 3.26. The van der Waals surface area contributed by atoms with Crippen LogP contribution >= 0.6 is 23.1 Å². The number of aromatic nitrogens is 1. The number of nitrogens with zero attached hydrogens (tertiary/aromatic N) is 1. The molecular weight excluding hydrogens is 292 g/mol. The molecule has 20 heavy (non-hydrogen) atoms. The first-order valence-corrected chi connectivity index (χ1v) is 8.85. The summed E-state index contributed by atoms with van der Waals surface area (Å²) in [4.78, 5) is 16.8. The Morgan fingerprint density at radius 1 is 1.50 bits per heavy atom. The van der Waals surface area contributed by atoms with E-state index in [9.17, 15) is 4.79 Å². The van der Waals surface area contributed by atoms with Crippen molar-refractivity contribution in [2.24, 2.45) is 0 Å². The van der Waals surface area contributed by atoms with E-state index in [0.29, 0.717) is 27.6 Å². The van der Waals surface area contributed by atoms with Crippen LogP contribution in [0.3, 0.4) is 0 Å². The Hall–Kier alpha value is -0.950. The highest BCUT2D eigenvalue weighted by atomic mass is 32.2. The summed E-state index contributed by atoms with van der Waals surface area (Å²) in [5.74, 6) is 1.40. The molecule has 0 aliphatic carbocycles. The fourth-order valence-corrected chi connectivity index (χ4v) is 4.24. The summed E-state index contributed by atoms with van der Waals surface area (Å²) in [5, 5.41) is 7.39. The number of hydrogen-bond donors (Lipinski definition) is 3. The van der Waals surface area contributed by atoms with Crippen LogP contribution in [0.5, 0.6) is 0 Å². The lowest BCUT2D eigenvalue weighted by Gasteiger charge is -2.21. The zero-order valence-corrected chi connectivity index (χ0v) is 13.6. The van der Waals surface area contributed by atoms with E-state index in [1.54, 1.807) is 0 Å². The number of carbonyl (C=O) groups is 1. The quantitative estimate of drug-likeness (QED) is 0.778. The standard InChI is InChI=1S/C13H22N4OS2/c1-8(2)16-13-17-11(14)10(20-13)12(18)15-7-9-5-3-4-6-19-9/h8-9H,3-7,14H2,1-2H3,(H,15,18)(H,16,17). The molecule has 1 aliphatic rings. The molecule has 1 amide bonds. The third-order valence-electron chi connectivity index (χ3n) is 3.04. The number of carbonyl (C=O) groups excluding carboxylic acids is 1. The average molecular weight is 314 g/mol. The third kappa shape index (κ3) is 4.28. The Balaban J connectivity index is 1.89. The van der Waals surface area contributed by atoms with Crippen LogP contribution in [-0.4, -0.2) is 34.5 Å². The number of rotatable bonds is 5. The van der Waals surface area contributed by atoms with Crippen molar-refractivity contribution in [2.75, 3.05) is 23.3 Å². The first-order chi connectivity index (χ1) is 9.56. The lowest BCUT2D eigenvalue weighted by molar-refractivity contribution is 0.0958. The van der Waals surface area contributed by atoms with Crippen molar-refractivity contribution in [1.82, 2.24) is 10.3 Å². The Morgan fingerprint density at radius 2 is 2.30 bits per heavy atom. The summed E-state index contributed by atoms with van der Waals surface area (Å²) in [6.07, 6.45) is 3.74. The van der Waals surface area contributed by atoms with Gasteiger partial charge in [-0.2, -0.15) is 11.8 Å². The van der Waals surface area contributed by atoms with Gasteiger partial charge in [-0.3, -0.25) is 4.79 Å². The molecule has 1 saturated heterocycles. The maximum Gasteiger partial charge on any atom is 0.265 e. The third-order valence-corrected chi connectivity index (χ3v) is 5.44. The molecule has 1 fully saturated rings. The van der Waals surface area contributed by atoms with Crippen molar-refractivity contribution in [3.05, 3.63) is 4.88 Å². The summed E-state index contributed by atoms with van der Waals surface area (Å²) in [6.45, 7) is 4.77. The number of nitrogens with one attached hydrogen (secondary N) is 2. The monoisotopic (exact) mass is 314 g/mol. The van der Waals surface area contributed by atoms with E-state index < -0.39 is 0 Å². The maximum absolute atomic E-state index is 12.1. The summed E-state index contributed by atoms with van der Waals surface area (Å²) in [7, 11) is 0. The number of thioether (sulfide) groups is 1. The van der Waals surface area contributed by atoms with Gasteiger partial charge < -0.3 is 16.4 Å². The topological polar surface area (TPSA) is 80.0 Å². The molecule has 0 radical (unpaired) electrons. The zero-order valence-electron chi connectivity index (χ0n) is 11.9. The first kappa shape index (κ1) is 15.4. The molecule has 2 rings (SSSR count). The van der Waals surface area contributed by atoms with Gasteiger partial charge in [0.1, 0.15) is 10.7 Å². The van der Waals surface area contributed by atoms with E-state index in [1.807, 2.05) is 25.6 Å². The van der Waals surface area contributed by atoms with Crippen LogP contribution in [0.15, 0.2) is 0 Å². The van der Waals surface area contributed by atoms with Gasteiger partial charge in [0, 0.05) is 17.8 Å². The predicted molar refractivity (Wildman–Crippen MR) is 87.7 cm³/mol. The van der Waals surface area contributed by atoms with Crippen LogP contribution in [0, 0.1) is 0 Å². The number of anilines is 2. The smallest absolute Gasteiger partial charge is 0.265 e. The molecule has 0 saturated carbocycles. The Morgan fingerprint density at radius 3 is 2.95 bits per heavy atom. The SMILES string of the molecule is CC(C)Nc1nc(N)c(C(=O)NCC2CCCCS2)s1. The van der Waals surface area contributed by atoms with Crippen LogP contribution in [0.1, 0.15) is 42.8 Å². The molecule has 7 heteroatoms. The fourth-order valence-electron chi connectivity index (χ4n) is 2.06.